The van der Waals surface area contributed by atoms with E-state index in [9.17, 15) is 36.0 Å². The van der Waals surface area contributed by atoms with E-state index in [0.717, 1.165) is 11.1 Å². The van der Waals surface area contributed by atoms with Gasteiger partial charge in [0.05, 0.1) is 35.5 Å². The fourth-order valence-electron chi connectivity index (χ4n) is 5.50. The van der Waals surface area contributed by atoms with Crippen LogP contribution in [0.2, 0.25) is 0 Å². The molecule has 2 aliphatic rings. The van der Waals surface area contributed by atoms with Crippen LogP contribution in [0.15, 0.2) is 84.9 Å². The number of ether oxygens (including phenoxy) is 2. The first-order valence-corrected chi connectivity index (χ1v) is 18.9. The van der Waals surface area contributed by atoms with Gasteiger partial charge in [-0.05, 0) is 71.8 Å². The normalized spacial score (nSPS) is 14.5. The van der Waals surface area contributed by atoms with Crippen molar-refractivity contribution in [3.05, 3.63) is 118 Å². The Morgan fingerprint density at radius 2 is 0.830 bits per heavy atom. The molecule has 6 rings (SSSR count). The molecule has 0 bridgehead atoms. The molecule has 0 atom stereocenters. The molecule has 4 aromatic carbocycles. The van der Waals surface area contributed by atoms with Gasteiger partial charge in [-0.1, -0.05) is 38.1 Å². The van der Waals surface area contributed by atoms with Crippen LogP contribution in [0.25, 0.3) is 0 Å². The molecule has 0 spiro atoms. The first-order valence-electron chi connectivity index (χ1n) is 15.7. The van der Waals surface area contributed by atoms with E-state index in [1.54, 1.807) is 24.3 Å². The molecule has 2 N–H and O–H groups in total. The Morgan fingerprint density at radius 3 is 1.17 bits per heavy atom. The number of rotatable bonds is 14. The Balaban J connectivity index is 1.11. The molecule has 16 nitrogen and oxygen atoms in total. The maximum atomic E-state index is 12.8. The molecule has 0 unspecified atom stereocenters. The minimum absolute atomic E-state index is 0.0684. The number of aliphatic hydroxyl groups is 2. The van der Waals surface area contributed by atoms with Crippen LogP contribution in [0, 0.1) is 0 Å². The largest absolute Gasteiger partial charge is 0.457 e. The second-order valence-corrected chi connectivity index (χ2v) is 15.6. The number of imide groups is 2. The fraction of sp³-hybridized carbons (Fsp3) is 0.200. The van der Waals surface area contributed by atoms with Crippen LogP contribution in [0.3, 0.4) is 0 Å². The van der Waals surface area contributed by atoms with Crippen molar-refractivity contribution in [3.63, 3.8) is 0 Å². The van der Waals surface area contributed by atoms with Gasteiger partial charge in [0, 0.05) is 5.41 Å². The second kappa shape index (κ2) is 14.1. The van der Waals surface area contributed by atoms with Gasteiger partial charge in [0.1, 0.15) is 34.5 Å². The van der Waals surface area contributed by atoms with Gasteiger partial charge in [-0.25, -0.2) is 0 Å². The molecule has 18 heteroatoms. The summed E-state index contributed by atoms with van der Waals surface area (Å²) < 4.78 is 68.7. The SMILES string of the molecule is CC(C)(c1ccc(Oc2ccc3c(c2)C(=O)N(OS(=O)(=O)CCO)C3=O)cc1)c1ccc(Oc2ccc3c(c2)C(=O)N(OS(=O)(=O)CCO)C3=O)cc1. The predicted octanol–water partition coefficient (Wildman–Crippen LogP) is 3.30. The number of hydrogen-bond acceptors (Lipinski definition) is 14. The third-order valence-corrected chi connectivity index (χ3v) is 10.4. The minimum Gasteiger partial charge on any atom is -0.457 e. The molecule has 0 saturated carbocycles. The van der Waals surface area contributed by atoms with Crippen molar-refractivity contribution in [2.24, 2.45) is 0 Å². The molecule has 0 radical (unpaired) electrons. The average Bonchev–Trinajstić information content (AvgIpc) is 3.47. The molecule has 0 fully saturated rings. The zero-order chi connectivity index (χ0) is 38.3. The van der Waals surface area contributed by atoms with Gasteiger partial charge >= 0.3 is 0 Å². The van der Waals surface area contributed by atoms with E-state index in [0.29, 0.717) is 11.5 Å². The van der Waals surface area contributed by atoms with Crippen LogP contribution in [-0.2, 0) is 34.2 Å². The Kier molecular flexibility index (Phi) is 9.94. The second-order valence-electron chi connectivity index (χ2n) is 12.2. The van der Waals surface area contributed by atoms with Crippen LogP contribution in [0.5, 0.6) is 23.0 Å². The highest BCUT2D eigenvalue weighted by Crippen LogP contribution is 2.36. The van der Waals surface area contributed by atoms with Crippen molar-refractivity contribution >= 4 is 43.9 Å². The zero-order valence-corrected chi connectivity index (χ0v) is 29.5. The van der Waals surface area contributed by atoms with Crippen molar-refractivity contribution < 1.29 is 64.3 Å². The minimum atomic E-state index is -4.37. The first kappa shape index (κ1) is 37.3. The summed E-state index contributed by atoms with van der Waals surface area (Å²) >= 11 is 0. The summed E-state index contributed by atoms with van der Waals surface area (Å²) in [6.07, 6.45) is 0. The van der Waals surface area contributed by atoms with E-state index in [4.69, 9.17) is 19.7 Å². The molecular formula is C35H30N2O14S2. The number of hydrogen-bond donors (Lipinski definition) is 2. The smallest absolute Gasteiger partial charge is 0.290 e. The van der Waals surface area contributed by atoms with Crippen molar-refractivity contribution in [2.45, 2.75) is 19.3 Å². The maximum Gasteiger partial charge on any atom is 0.290 e. The molecule has 0 saturated heterocycles. The maximum absolute atomic E-state index is 12.8. The highest BCUT2D eigenvalue weighted by molar-refractivity contribution is 7.86. The van der Waals surface area contributed by atoms with Crippen LogP contribution >= 0.6 is 0 Å². The molecule has 2 heterocycles. The van der Waals surface area contributed by atoms with Gasteiger partial charge in [-0.15, -0.1) is 18.7 Å². The summed E-state index contributed by atoms with van der Waals surface area (Å²) in [6, 6.07) is 22.5. The van der Waals surface area contributed by atoms with Gasteiger partial charge in [0.25, 0.3) is 43.9 Å². The van der Waals surface area contributed by atoms with Crippen LogP contribution < -0.4 is 9.47 Å². The van der Waals surface area contributed by atoms with Crippen LogP contribution in [0.1, 0.15) is 66.4 Å². The topological polar surface area (TPSA) is 220 Å². The summed E-state index contributed by atoms with van der Waals surface area (Å²) in [5, 5.41) is 18.1. The monoisotopic (exact) mass is 766 g/mol. The number of fused-ring (bicyclic) bond motifs is 2. The summed E-state index contributed by atoms with van der Waals surface area (Å²) in [5.41, 5.74) is 0.973. The van der Waals surface area contributed by atoms with E-state index in [-0.39, 0.29) is 43.9 Å². The molecule has 2 aliphatic heterocycles. The van der Waals surface area contributed by atoms with Gasteiger partial charge in [-0.2, -0.15) is 16.8 Å². The van der Waals surface area contributed by atoms with Crippen LogP contribution in [0.4, 0.5) is 0 Å². The van der Waals surface area contributed by atoms with Gasteiger partial charge in [-0.3, -0.25) is 19.2 Å². The van der Waals surface area contributed by atoms with E-state index in [2.05, 4.69) is 8.57 Å². The highest BCUT2D eigenvalue weighted by Gasteiger charge is 2.41. The molecule has 53 heavy (non-hydrogen) atoms. The van der Waals surface area contributed by atoms with Crippen molar-refractivity contribution in [1.82, 2.24) is 10.1 Å². The fourth-order valence-corrected chi connectivity index (χ4v) is 6.82. The van der Waals surface area contributed by atoms with Gasteiger partial charge in [0.2, 0.25) is 0 Å². The number of aliphatic hydroxyl groups excluding tert-OH is 2. The van der Waals surface area contributed by atoms with Gasteiger partial charge < -0.3 is 19.7 Å². The third-order valence-electron chi connectivity index (χ3n) is 8.32. The Bertz CT molecular complexity index is 2190. The number of amides is 4. The zero-order valence-electron chi connectivity index (χ0n) is 27.9. The Labute approximate surface area is 302 Å². The lowest BCUT2D eigenvalue weighted by atomic mass is 9.78. The third kappa shape index (κ3) is 7.54. The quantitative estimate of drug-likeness (QED) is 0.176. The molecule has 4 amide bonds. The van der Waals surface area contributed by atoms with E-state index in [1.165, 1.54) is 36.4 Å². The van der Waals surface area contributed by atoms with E-state index < -0.39 is 74.0 Å². The van der Waals surface area contributed by atoms with Gasteiger partial charge in [0.15, 0.2) is 0 Å². The molecule has 0 aliphatic carbocycles. The lowest BCUT2D eigenvalue weighted by Crippen LogP contribution is -2.34. The predicted molar refractivity (Wildman–Crippen MR) is 183 cm³/mol. The molecular weight excluding hydrogens is 737 g/mol. The summed E-state index contributed by atoms with van der Waals surface area (Å²) in [6.45, 7) is 2.51. The van der Waals surface area contributed by atoms with Crippen molar-refractivity contribution in [3.8, 4) is 23.0 Å². The van der Waals surface area contributed by atoms with E-state index >= 15 is 0 Å². The lowest BCUT2D eigenvalue weighted by molar-refractivity contribution is -0.0109. The lowest BCUT2D eigenvalue weighted by Gasteiger charge is -2.26. The molecule has 276 valence electrons. The average molecular weight is 767 g/mol. The summed E-state index contributed by atoms with van der Waals surface area (Å²) in [4.78, 5) is 50.7. The number of nitrogens with zero attached hydrogens (tertiary/aromatic N) is 2. The molecule has 0 aromatic heterocycles. The highest BCUT2D eigenvalue weighted by atomic mass is 32.2. The molecule has 4 aromatic rings. The van der Waals surface area contributed by atoms with E-state index in [1.807, 2.05) is 38.1 Å². The van der Waals surface area contributed by atoms with Crippen LogP contribution in [-0.4, -0.2) is 85.5 Å². The van der Waals surface area contributed by atoms with Crippen molar-refractivity contribution in [1.29, 1.82) is 0 Å². The first-order chi connectivity index (χ1) is 25.0. The Morgan fingerprint density at radius 1 is 0.509 bits per heavy atom. The summed E-state index contributed by atoms with van der Waals surface area (Å²) in [5.74, 6) is -4.24. The summed E-state index contributed by atoms with van der Waals surface area (Å²) in [7, 11) is -8.74. The van der Waals surface area contributed by atoms with Crippen molar-refractivity contribution in [2.75, 3.05) is 24.7 Å². The Hall–Kier alpha value is -5.50. The standard InChI is InChI=1S/C35H30N2O14S2/c1-35(2,21-3-7-23(8-4-21)48-25-11-13-27-29(19-25)33(42)36(31(27)40)50-52(44,45)17-15-38)22-5-9-24(10-6-22)49-26-12-14-28-30(20-26)34(43)37(32(28)41)51-53(46,47)18-16-39/h3-14,19-20,38-39H,15-18H2,1-2H3. The number of benzene rings is 4. The number of carbonyl (C=O) groups excluding carboxylic acids is 4. The number of carbonyl (C=O) groups is 4. The number of hydroxylamine groups is 4.